The first-order valence-electron chi connectivity index (χ1n) is 11.0. The second-order valence-electron chi connectivity index (χ2n) is 8.80. The average molecular weight is 426 g/mol. The molecule has 0 radical (unpaired) electrons. The molecule has 29 heavy (non-hydrogen) atoms. The summed E-state index contributed by atoms with van der Waals surface area (Å²) >= 11 is 1.71. The minimum atomic E-state index is -0.521. The highest BCUT2D eigenvalue weighted by Crippen LogP contribution is 2.71. The van der Waals surface area contributed by atoms with Crippen molar-refractivity contribution in [1.29, 1.82) is 0 Å². The Hall–Kier alpha value is -1.28. The molecule has 0 aromatic carbocycles. The Bertz CT molecular complexity index is 660. The molecule has 7 nitrogen and oxygen atoms in total. The number of hydrogen-bond donors (Lipinski definition) is 3. The van der Waals surface area contributed by atoms with E-state index in [0.717, 1.165) is 38.5 Å². The Morgan fingerprint density at radius 1 is 1.21 bits per heavy atom. The van der Waals surface area contributed by atoms with Crippen molar-refractivity contribution in [2.45, 2.75) is 74.3 Å². The third kappa shape index (κ3) is 3.67. The van der Waals surface area contributed by atoms with Crippen molar-refractivity contribution in [3.8, 4) is 0 Å². The van der Waals surface area contributed by atoms with Crippen LogP contribution in [0, 0.1) is 11.8 Å². The average Bonchev–Trinajstić information content (AvgIpc) is 3.26. The quantitative estimate of drug-likeness (QED) is 0.458. The third-order valence-corrected chi connectivity index (χ3v) is 8.93. The van der Waals surface area contributed by atoms with Gasteiger partial charge in [0.15, 0.2) is 0 Å². The van der Waals surface area contributed by atoms with Crippen LogP contribution in [0.2, 0.25) is 0 Å². The molecule has 0 aliphatic carbocycles. The molecule has 3 saturated heterocycles. The van der Waals surface area contributed by atoms with Crippen LogP contribution in [0.5, 0.6) is 0 Å². The van der Waals surface area contributed by atoms with E-state index in [2.05, 4.69) is 24.5 Å². The summed E-state index contributed by atoms with van der Waals surface area (Å²) in [4.78, 5) is 41.3. The number of aliphatic hydroxyl groups is 1. The van der Waals surface area contributed by atoms with Crippen molar-refractivity contribution >= 4 is 29.5 Å². The van der Waals surface area contributed by atoms with Crippen LogP contribution in [0.3, 0.4) is 0 Å². The predicted molar refractivity (Wildman–Crippen MR) is 113 cm³/mol. The first-order valence-corrected chi connectivity index (χ1v) is 11.8. The highest BCUT2D eigenvalue weighted by molar-refractivity contribution is 8.02. The van der Waals surface area contributed by atoms with E-state index in [9.17, 15) is 14.4 Å². The molecule has 0 aromatic rings. The lowest BCUT2D eigenvalue weighted by Gasteiger charge is -2.34. The van der Waals surface area contributed by atoms with Gasteiger partial charge in [0.1, 0.15) is 6.04 Å². The van der Waals surface area contributed by atoms with Gasteiger partial charge in [0.25, 0.3) is 0 Å². The van der Waals surface area contributed by atoms with E-state index in [-0.39, 0.29) is 29.1 Å². The summed E-state index contributed by atoms with van der Waals surface area (Å²) in [5.74, 6) is -1.05. The van der Waals surface area contributed by atoms with Gasteiger partial charge in [0.2, 0.25) is 17.7 Å². The van der Waals surface area contributed by atoms with Gasteiger partial charge in [-0.1, -0.05) is 13.3 Å². The lowest BCUT2D eigenvalue weighted by atomic mass is 9.66. The molecule has 3 rings (SSSR count). The number of unbranched alkanes of at least 4 members (excludes halogenated alkanes) is 3. The molecule has 2 unspecified atom stereocenters. The maximum atomic E-state index is 13.6. The van der Waals surface area contributed by atoms with E-state index in [1.54, 1.807) is 23.7 Å². The number of thioether (sulfide) groups is 1. The van der Waals surface area contributed by atoms with Gasteiger partial charge < -0.3 is 20.6 Å². The van der Waals surface area contributed by atoms with Gasteiger partial charge in [-0.3, -0.25) is 14.4 Å². The van der Waals surface area contributed by atoms with Gasteiger partial charge in [-0.25, -0.2) is 0 Å². The lowest BCUT2D eigenvalue weighted by molar-refractivity contribution is -0.140. The number of rotatable bonds is 10. The van der Waals surface area contributed by atoms with Gasteiger partial charge in [0.05, 0.1) is 16.6 Å². The van der Waals surface area contributed by atoms with Gasteiger partial charge in [0, 0.05) is 31.5 Å². The molecular formula is C21H35N3O4S. The molecular weight excluding hydrogens is 390 g/mol. The van der Waals surface area contributed by atoms with Crippen molar-refractivity contribution in [2.75, 3.05) is 26.7 Å². The summed E-state index contributed by atoms with van der Waals surface area (Å²) in [7, 11) is 1.62. The number of nitrogens with one attached hydrogen (secondary N) is 2. The lowest BCUT2D eigenvalue weighted by Crippen LogP contribution is -2.54. The molecule has 1 spiro atoms. The molecule has 3 N–H and O–H groups in total. The first-order chi connectivity index (χ1) is 13.9. The Kier molecular flexibility index (Phi) is 6.83. The molecule has 3 aliphatic rings. The van der Waals surface area contributed by atoms with Gasteiger partial charge >= 0.3 is 0 Å². The van der Waals surface area contributed by atoms with E-state index in [1.807, 2.05) is 0 Å². The summed E-state index contributed by atoms with van der Waals surface area (Å²) in [5.41, 5.74) is 0. The zero-order valence-corrected chi connectivity index (χ0v) is 18.6. The van der Waals surface area contributed by atoms with Crippen molar-refractivity contribution in [2.24, 2.45) is 11.8 Å². The molecule has 2 bridgehead atoms. The number of nitrogens with zero attached hydrogens (tertiary/aromatic N) is 1. The topological polar surface area (TPSA) is 98.7 Å². The number of fused-ring (bicyclic) bond motifs is 1. The summed E-state index contributed by atoms with van der Waals surface area (Å²) in [6, 6.07) is -0.521. The zero-order chi connectivity index (χ0) is 21.2. The fraction of sp³-hybridized carbons (Fsp3) is 0.857. The number of carbonyl (C=O) groups excluding carboxylic acids is 3. The Morgan fingerprint density at radius 2 is 1.97 bits per heavy atom. The van der Waals surface area contributed by atoms with Crippen LogP contribution in [0.15, 0.2) is 0 Å². The van der Waals surface area contributed by atoms with E-state index in [4.69, 9.17) is 5.11 Å². The third-order valence-electron chi connectivity index (χ3n) is 6.94. The van der Waals surface area contributed by atoms with Crippen LogP contribution >= 0.6 is 11.8 Å². The molecule has 164 valence electrons. The maximum Gasteiger partial charge on any atom is 0.244 e. The van der Waals surface area contributed by atoms with E-state index in [1.165, 1.54) is 0 Å². The summed E-state index contributed by atoms with van der Waals surface area (Å²) in [6.07, 6.45) is 5.79. The summed E-state index contributed by atoms with van der Waals surface area (Å²) in [6.45, 7) is 5.40. The van der Waals surface area contributed by atoms with Crippen LogP contribution in [0.1, 0.15) is 58.8 Å². The van der Waals surface area contributed by atoms with Gasteiger partial charge in [-0.2, -0.15) is 0 Å². The second kappa shape index (κ2) is 8.84. The highest BCUT2D eigenvalue weighted by atomic mass is 32.2. The zero-order valence-electron chi connectivity index (χ0n) is 17.8. The number of carbonyl (C=O) groups is 3. The SMILES string of the molecule is CCCCNC(=O)C1N(CCCCCO)C(=O)[C@@H]2[C@@H](C(=O)NC)[C@@]3(C)CCC12S3. The van der Waals surface area contributed by atoms with Crippen LogP contribution in [0.25, 0.3) is 0 Å². The number of likely N-dealkylation sites (tertiary alicyclic amines) is 1. The normalized spacial score (nSPS) is 35.1. The molecule has 8 heteroatoms. The molecule has 3 heterocycles. The molecule has 5 atom stereocenters. The number of aliphatic hydroxyl groups excluding tert-OH is 1. The fourth-order valence-corrected chi connectivity index (χ4v) is 7.94. The smallest absolute Gasteiger partial charge is 0.244 e. The molecule has 0 aromatic heterocycles. The predicted octanol–water partition coefficient (Wildman–Crippen LogP) is 1.29. The fourth-order valence-electron chi connectivity index (χ4n) is 5.58. The van der Waals surface area contributed by atoms with Gasteiger partial charge in [-0.05, 0) is 45.4 Å². The second-order valence-corrected chi connectivity index (χ2v) is 10.7. The monoisotopic (exact) mass is 425 g/mol. The minimum absolute atomic E-state index is 0.0471. The van der Waals surface area contributed by atoms with Crippen molar-refractivity contribution in [1.82, 2.24) is 15.5 Å². The first kappa shape index (κ1) is 22.4. The van der Waals surface area contributed by atoms with E-state index < -0.39 is 22.6 Å². The van der Waals surface area contributed by atoms with Crippen LogP contribution in [0.4, 0.5) is 0 Å². The van der Waals surface area contributed by atoms with E-state index in [0.29, 0.717) is 19.5 Å². The van der Waals surface area contributed by atoms with Crippen LogP contribution in [-0.4, -0.2) is 70.0 Å². The number of hydrogen-bond acceptors (Lipinski definition) is 5. The van der Waals surface area contributed by atoms with Gasteiger partial charge in [-0.15, -0.1) is 11.8 Å². The van der Waals surface area contributed by atoms with Crippen molar-refractivity contribution in [3.05, 3.63) is 0 Å². The standard InChI is InChI=1S/C21H35N3O4S/c1-4-5-11-23-18(27)16-21-10-9-20(2,29-21)14(17(26)22-3)15(21)19(28)24(16)12-7-6-8-13-25/h14-16,25H,4-13H2,1-3H3,(H,22,26)(H,23,27)/t14-,15-,16?,20+,21?/m0/s1. The highest BCUT2D eigenvalue weighted by Gasteiger charge is 2.76. The molecule has 3 aliphatic heterocycles. The van der Waals surface area contributed by atoms with E-state index >= 15 is 0 Å². The van der Waals surface area contributed by atoms with Crippen molar-refractivity contribution in [3.63, 3.8) is 0 Å². The van der Waals surface area contributed by atoms with Crippen LogP contribution in [-0.2, 0) is 14.4 Å². The van der Waals surface area contributed by atoms with Crippen molar-refractivity contribution < 1.29 is 19.5 Å². The number of amides is 3. The van der Waals surface area contributed by atoms with Crippen LogP contribution < -0.4 is 10.6 Å². The largest absolute Gasteiger partial charge is 0.396 e. The summed E-state index contributed by atoms with van der Waals surface area (Å²) < 4.78 is -0.818. The Morgan fingerprint density at radius 3 is 2.62 bits per heavy atom. The summed E-state index contributed by atoms with van der Waals surface area (Å²) in [5, 5.41) is 14.9. The Labute approximate surface area is 177 Å². The maximum absolute atomic E-state index is 13.6. The molecule has 3 amide bonds. The minimum Gasteiger partial charge on any atom is -0.396 e. The molecule has 0 saturated carbocycles. The Balaban J connectivity index is 1.90. The molecule has 3 fully saturated rings.